The fraction of sp³-hybridized carbons (Fsp3) is 0.450. The number of hydrogen-bond acceptors (Lipinski definition) is 5. The summed E-state index contributed by atoms with van der Waals surface area (Å²) in [5.41, 5.74) is 1.96. The quantitative estimate of drug-likeness (QED) is 0.567. The maximum Gasteiger partial charge on any atom is 0.338 e. The third kappa shape index (κ3) is 3.53. The Morgan fingerprint density at radius 2 is 1.79 bits per heavy atom. The van der Waals surface area contributed by atoms with Crippen molar-refractivity contribution in [1.82, 2.24) is 24.6 Å². The number of amides is 4. The molecule has 0 radical (unpaired) electrons. The molecule has 1 unspecified atom stereocenters. The van der Waals surface area contributed by atoms with Crippen molar-refractivity contribution < 1.29 is 19.3 Å². The van der Waals surface area contributed by atoms with Crippen molar-refractivity contribution in [2.24, 2.45) is 0 Å². The van der Waals surface area contributed by atoms with Crippen LogP contribution in [0.15, 0.2) is 36.9 Å². The van der Waals surface area contributed by atoms with Gasteiger partial charge in [-0.1, -0.05) is 25.0 Å². The molecule has 1 saturated carbocycles. The molecule has 1 aliphatic carbocycles. The van der Waals surface area contributed by atoms with Crippen LogP contribution < -0.4 is 4.90 Å². The molecular formula is C20H25N6O3+. The molecule has 1 aliphatic heterocycles. The van der Waals surface area contributed by atoms with E-state index in [2.05, 4.69) is 10.1 Å². The molecule has 9 nitrogen and oxygen atoms in total. The summed E-state index contributed by atoms with van der Waals surface area (Å²) in [4.78, 5) is 44.7. The van der Waals surface area contributed by atoms with E-state index in [1.54, 1.807) is 11.0 Å². The highest BCUT2D eigenvalue weighted by atomic mass is 16.2. The van der Waals surface area contributed by atoms with Crippen LogP contribution in [0.2, 0.25) is 0 Å². The summed E-state index contributed by atoms with van der Waals surface area (Å²) in [6, 6.07) is 7.31. The second-order valence-corrected chi connectivity index (χ2v) is 7.79. The number of nitrogens with zero attached hydrogens (tertiary/aromatic N) is 5. The van der Waals surface area contributed by atoms with Crippen molar-refractivity contribution in [2.75, 3.05) is 13.7 Å². The maximum absolute atomic E-state index is 12.8. The van der Waals surface area contributed by atoms with E-state index in [9.17, 15) is 14.4 Å². The summed E-state index contributed by atoms with van der Waals surface area (Å²) in [5.74, 6) is -1.39. The minimum atomic E-state index is -0.713. The van der Waals surface area contributed by atoms with Crippen LogP contribution in [-0.4, -0.2) is 62.2 Å². The van der Waals surface area contributed by atoms with Gasteiger partial charge < -0.3 is 4.90 Å². The van der Waals surface area contributed by atoms with E-state index in [0.717, 1.165) is 46.7 Å². The smallest absolute Gasteiger partial charge is 0.314 e. The molecule has 2 fully saturated rings. The second kappa shape index (κ2) is 7.75. The highest BCUT2D eigenvalue weighted by Crippen LogP contribution is 2.27. The topological polar surface area (TPSA) is 92.8 Å². The van der Waals surface area contributed by atoms with Crippen LogP contribution in [0.3, 0.4) is 0 Å². The number of imide groups is 2. The first-order valence-corrected chi connectivity index (χ1v) is 9.93. The van der Waals surface area contributed by atoms with Crippen LogP contribution in [-0.2, 0) is 9.59 Å². The number of nitrogens with one attached hydrogen (secondary N) is 1. The zero-order chi connectivity index (χ0) is 20.5. The van der Waals surface area contributed by atoms with Gasteiger partial charge in [0.25, 0.3) is 0 Å². The lowest BCUT2D eigenvalue weighted by Gasteiger charge is -2.26. The average molecular weight is 397 g/mol. The Balaban J connectivity index is 1.44. The Kier molecular flexibility index (Phi) is 5.14. The van der Waals surface area contributed by atoms with Crippen molar-refractivity contribution in [3.63, 3.8) is 0 Å². The minimum absolute atomic E-state index is 0.0241. The molecule has 1 aromatic carbocycles. The fourth-order valence-corrected chi connectivity index (χ4v) is 4.07. The van der Waals surface area contributed by atoms with Crippen LogP contribution in [0.4, 0.5) is 4.79 Å². The molecule has 1 saturated heterocycles. The molecule has 2 aromatic rings. The molecule has 4 rings (SSSR count). The molecule has 1 aromatic heterocycles. The Bertz CT molecular complexity index is 905. The first kappa shape index (κ1) is 19.3. The van der Waals surface area contributed by atoms with Crippen molar-refractivity contribution in [3.8, 4) is 5.69 Å². The van der Waals surface area contributed by atoms with Gasteiger partial charge in [0, 0.05) is 11.6 Å². The molecule has 9 heteroatoms. The third-order valence-electron chi connectivity index (χ3n) is 6.00. The van der Waals surface area contributed by atoms with Gasteiger partial charge in [-0.3, -0.25) is 14.5 Å². The van der Waals surface area contributed by atoms with Crippen LogP contribution in [0.5, 0.6) is 0 Å². The number of hydrogen-bond donors (Lipinski definition) is 1. The van der Waals surface area contributed by atoms with E-state index in [1.807, 2.05) is 38.2 Å². The first-order chi connectivity index (χ1) is 14.0. The highest BCUT2D eigenvalue weighted by Gasteiger charge is 2.49. The maximum atomic E-state index is 12.8. The standard InChI is InChI=1S/C20H24N6O3/c1-14(15-7-9-16(10-8-15)25-12-21-11-22-25)23(2)13-24-18(27)19(28)26(20(24)29)17-5-3-4-6-17/h7-12,14,17H,3-6,13H2,1-2H3/p+1/t14-/m0/s1. The van der Waals surface area contributed by atoms with Crippen LogP contribution in [0.25, 0.3) is 5.69 Å². The summed E-state index contributed by atoms with van der Waals surface area (Å²) >= 11 is 0. The SMILES string of the molecule is C[C@@H](c1ccc(-n2cncn2)cc1)[NH+](C)CN1C(=O)C(=O)N(C2CCCC2)C1=O. The van der Waals surface area contributed by atoms with Crippen LogP contribution >= 0.6 is 0 Å². The summed E-state index contributed by atoms with van der Waals surface area (Å²) in [6.45, 7) is 2.18. The van der Waals surface area contributed by atoms with Gasteiger partial charge in [-0.15, -0.1) is 0 Å². The number of rotatable bonds is 6. The monoisotopic (exact) mass is 397 g/mol. The summed E-state index contributed by atoms with van der Waals surface area (Å²) in [6.07, 6.45) is 6.67. The molecule has 29 heavy (non-hydrogen) atoms. The average Bonchev–Trinajstić information content (AvgIpc) is 3.48. The molecule has 0 spiro atoms. The number of quaternary nitrogens is 1. The Morgan fingerprint density at radius 3 is 2.41 bits per heavy atom. The number of benzene rings is 1. The molecule has 0 bridgehead atoms. The Labute approximate surface area is 168 Å². The predicted octanol–water partition coefficient (Wildman–Crippen LogP) is 0.534. The van der Waals surface area contributed by atoms with Gasteiger partial charge in [0.1, 0.15) is 18.7 Å². The second-order valence-electron chi connectivity index (χ2n) is 7.79. The van der Waals surface area contributed by atoms with Gasteiger partial charge >= 0.3 is 17.8 Å². The summed E-state index contributed by atoms with van der Waals surface area (Å²) in [7, 11) is 1.92. The fourth-order valence-electron chi connectivity index (χ4n) is 4.07. The van der Waals surface area contributed by atoms with Crippen molar-refractivity contribution in [1.29, 1.82) is 0 Å². The molecule has 1 N–H and O–H groups in total. The zero-order valence-corrected chi connectivity index (χ0v) is 16.6. The summed E-state index contributed by atoms with van der Waals surface area (Å²) < 4.78 is 1.68. The number of carbonyl (C=O) groups is 3. The van der Waals surface area contributed by atoms with E-state index < -0.39 is 17.8 Å². The van der Waals surface area contributed by atoms with Gasteiger partial charge in [-0.25, -0.2) is 19.4 Å². The van der Waals surface area contributed by atoms with Gasteiger partial charge in [-0.2, -0.15) is 5.10 Å². The first-order valence-electron chi connectivity index (χ1n) is 9.93. The number of aromatic nitrogens is 3. The largest absolute Gasteiger partial charge is 0.338 e. The minimum Gasteiger partial charge on any atom is -0.314 e. The lowest BCUT2D eigenvalue weighted by Crippen LogP contribution is -3.10. The molecule has 2 atom stereocenters. The Morgan fingerprint density at radius 1 is 1.10 bits per heavy atom. The molecule has 2 aliphatic rings. The molecule has 152 valence electrons. The van der Waals surface area contributed by atoms with E-state index >= 15 is 0 Å². The van der Waals surface area contributed by atoms with Gasteiger partial charge in [0.2, 0.25) is 0 Å². The van der Waals surface area contributed by atoms with Crippen molar-refractivity contribution in [3.05, 3.63) is 42.5 Å². The number of carbonyl (C=O) groups excluding carboxylic acids is 3. The van der Waals surface area contributed by atoms with E-state index in [0.29, 0.717) is 0 Å². The van der Waals surface area contributed by atoms with Gasteiger partial charge in [-0.05, 0) is 31.9 Å². The predicted molar refractivity (Wildman–Crippen MR) is 103 cm³/mol. The van der Waals surface area contributed by atoms with Crippen molar-refractivity contribution >= 4 is 17.8 Å². The molecular weight excluding hydrogens is 372 g/mol. The van der Waals surface area contributed by atoms with Gasteiger partial charge in [0.05, 0.1) is 12.7 Å². The van der Waals surface area contributed by atoms with Crippen LogP contribution in [0.1, 0.15) is 44.2 Å². The zero-order valence-electron chi connectivity index (χ0n) is 16.6. The van der Waals surface area contributed by atoms with Crippen molar-refractivity contribution in [2.45, 2.75) is 44.7 Å². The lowest BCUT2D eigenvalue weighted by molar-refractivity contribution is -0.917. The van der Waals surface area contributed by atoms with E-state index in [4.69, 9.17) is 0 Å². The highest BCUT2D eigenvalue weighted by molar-refractivity contribution is 6.44. The van der Waals surface area contributed by atoms with E-state index in [-0.39, 0.29) is 18.8 Å². The number of urea groups is 1. The summed E-state index contributed by atoms with van der Waals surface area (Å²) in [5, 5.41) is 4.11. The van der Waals surface area contributed by atoms with Gasteiger partial charge in [0.15, 0.2) is 6.67 Å². The Hall–Kier alpha value is -3.07. The molecule has 4 amide bonds. The lowest BCUT2D eigenvalue weighted by atomic mass is 10.1. The normalized spacial score (nSPS) is 20.0. The third-order valence-corrected chi connectivity index (χ3v) is 6.00. The molecule has 2 heterocycles. The van der Waals surface area contributed by atoms with E-state index in [1.165, 1.54) is 11.2 Å². The van der Waals surface area contributed by atoms with Crippen LogP contribution in [0, 0.1) is 0 Å².